The third-order valence-electron chi connectivity index (χ3n) is 1.74. The highest BCUT2D eigenvalue weighted by molar-refractivity contribution is 7.85. The lowest BCUT2D eigenvalue weighted by Gasteiger charge is -2.12. The molecule has 12 heavy (non-hydrogen) atoms. The maximum absolute atomic E-state index is 10.4. The van der Waals surface area contributed by atoms with Gasteiger partial charge in [0.2, 0.25) is 0 Å². The third kappa shape index (κ3) is 8.01. The average molecular weight is 194 g/mol. The fourth-order valence-electron chi connectivity index (χ4n) is 1.27. The normalized spacial score (nSPS) is 15.1. The fourth-order valence-corrected chi connectivity index (χ4v) is 1.97. The van der Waals surface area contributed by atoms with E-state index in [1.165, 1.54) is 0 Å². The van der Waals surface area contributed by atoms with Gasteiger partial charge in [-0.15, -0.1) is 0 Å². The molecule has 4 heteroatoms. The second kappa shape index (κ2) is 4.82. The van der Waals surface area contributed by atoms with E-state index < -0.39 is 10.1 Å². The molecule has 0 fully saturated rings. The molecule has 0 saturated heterocycles. The molecular weight excluding hydrogens is 176 g/mol. The van der Waals surface area contributed by atoms with E-state index in [1.54, 1.807) is 0 Å². The van der Waals surface area contributed by atoms with Gasteiger partial charge in [-0.3, -0.25) is 4.55 Å². The van der Waals surface area contributed by atoms with Gasteiger partial charge in [0.15, 0.2) is 0 Å². The minimum absolute atomic E-state index is 0.110. The maximum Gasteiger partial charge on any atom is 0.264 e. The molecule has 1 atom stereocenters. The molecule has 0 aliphatic carbocycles. The van der Waals surface area contributed by atoms with Crippen molar-refractivity contribution in [2.45, 2.75) is 33.6 Å². The first-order valence-corrected chi connectivity index (χ1v) is 5.87. The first-order valence-electron chi connectivity index (χ1n) is 4.26. The maximum atomic E-state index is 10.4. The Morgan fingerprint density at radius 3 is 2.08 bits per heavy atom. The van der Waals surface area contributed by atoms with E-state index >= 15 is 0 Å². The summed E-state index contributed by atoms with van der Waals surface area (Å²) in [4.78, 5) is 0. The molecule has 74 valence electrons. The Kier molecular flexibility index (Phi) is 4.78. The summed E-state index contributed by atoms with van der Waals surface area (Å²) >= 11 is 0. The van der Waals surface area contributed by atoms with Crippen molar-refractivity contribution in [2.75, 3.05) is 5.75 Å². The molecule has 0 aromatic carbocycles. The molecule has 0 rings (SSSR count). The summed E-state index contributed by atoms with van der Waals surface area (Å²) < 4.78 is 29.2. The smallest absolute Gasteiger partial charge is 0.264 e. The van der Waals surface area contributed by atoms with Crippen LogP contribution in [-0.2, 0) is 10.1 Å². The Hall–Kier alpha value is -0.0900. The highest BCUT2D eigenvalue weighted by Gasteiger charge is 2.10. The van der Waals surface area contributed by atoms with E-state index in [9.17, 15) is 8.42 Å². The quantitative estimate of drug-likeness (QED) is 0.680. The van der Waals surface area contributed by atoms with Gasteiger partial charge in [0, 0.05) is 0 Å². The lowest BCUT2D eigenvalue weighted by atomic mass is 9.97. The zero-order valence-electron chi connectivity index (χ0n) is 7.95. The van der Waals surface area contributed by atoms with Gasteiger partial charge in [-0.2, -0.15) is 8.42 Å². The van der Waals surface area contributed by atoms with Crippen LogP contribution < -0.4 is 0 Å². The minimum Gasteiger partial charge on any atom is -0.286 e. The number of hydrogen-bond acceptors (Lipinski definition) is 2. The summed E-state index contributed by atoms with van der Waals surface area (Å²) in [6.07, 6.45) is 1.56. The van der Waals surface area contributed by atoms with Crippen molar-refractivity contribution in [3.8, 4) is 0 Å². The van der Waals surface area contributed by atoms with Crippen molar-refractivity contribution < 1.29 is 13.0 Å². The Balaban J connectivity index is 3.65. The van der Waals surface area contributed by atoms with Crippen molar-refractivity contribution in [1.82, 2.24) is 0 Å². The van der Waals surface area contributed by atoms with Crippen molar-refractivity contribution in [1.29, 1.82) is 0 Å². The Bertz CT molecular complexity index is 206. The predicted octanol–water partition coefficient (Wildman–Crippen LogP) is 1.95. The van der Waals surface area contributed by atoms with Crippen molar-refractivity contribution in [3.05, 3.63) is 0 Å². The standard InChI is InChI=1S/C8H18O3S/c1-7(2)6-8(3)4-5-12(9,10)11/h7-8H,4-6H2,1-3H3,(H,9,10,11). The summed E-state index contributed by atoms with van der Waals surface area (Å²) in [6.45, 7) is 6.21. The van der Waals surface area contributed by atoms with Gasteiger partial charge in [-0.05, 0) is 24.7 Å². The molecule has 0 aromatic heterocycles. The molecule has 3 nitrogen and oxygen atoms in total. The van der Waals surface area contributed by atoms with E-state index in [2.05, 4.69) is 13.8 Å². The Morgan fingerprint density at radius 1 is 1.25 bits per heavy atom. The van der Waals surface area contributed by atoms with Crippen LogP contribution in [0.1, 0.15) is 33.6 Å². The summed E-state index contributed by atoms with van der Waals surface area (Å²) in [7, 11) is -3.75. The van der Waals surface area contributed by atoms with E-state index in [-0.39, 0.29) is 5.75 Å². The highest BCUT2D eigenvalue weighted by Crippen LogP contribution is 2.14. The van der Waals surface area contributed by atoms with Crippen LogP contribution >= 0.6 is 0 Å². The largest absolute Gasteiger partial charge is 0.286 e. The number of rotatable bonds is 5. The molecule has 0 aromatic rings. The molecule has 0 saturated carbocycles. The second-order valence-electron chi connectivity index (χ2n) is 3.81. The van der Waals surface area contributed by atoms with E-state index in [1.807, 2.05) is 6.92 Å². The first kappa shape index (κ1) is 11.9. The van der Waals surface area contributed by atoms with Crippen molar-refractivity contribution >= 4 is 10.1 Å². The molecule has 0 aliphatic heterocycles. The SMILES string of the molecule is CC(C)CC(C)CCS(=O)(=O)O. The van der Waals surface area contributed by atoms with Gasteiger partial charge >= 0.3 is 0 Å². The van der Waals surface area contributed by atoms with Crippen LogP contribution in [0.15, 0.2) is 0 Å². The van der Waals surface area contributed by atoms with Crippen LogP contribution in [0.25, 0.3) is 0 Å². The molecule has 1 unspecified atom stereocenters. The average Bonchev–Trinajstić information content (AvgIpc) is 1.80. The molecule has 0 aliphatic rings. The van der Waals surface area contributed by atoms with Crippen molar-refractivity contribution in [3.63, 3.8) is 0 Å². The summed E-state index contributed by atoms with van der Waals surface area (Å²) in [5, 5.41) is 0. The Morgan fingerprint density at radius 2 is 1.75 bits per heavy atom. The fraction of sp³-hybridized carbons (Fsp3) is 1.00. The van der Waals surface area contributed by atoms with Crippen LogP contribution in [0.4, 0.5) is 0 Å². The van der Waals surface area contributed by atoms with Crippen LogP contribution in [-0.4, -0.2) is 18.7 Å². The van der Waals surface area contributed by atoms with Crippen LogP contribution in [0.2, 0.25) is 0 Å². The molecule has 0 amide bonds. The highest BCUT2D eigenvalue weighted by atomic mass is 32.2. The zero-order chi connectivity index (χ0) is 9.78. The van der Waals surface area contributed by atoms with Gasteiger partial charge in [0.1, 0.15) is 0 Å². The van der Waals surface area contributed by atoms with Crippen LogP contribution in [0, 0.1) is 11.8 Å². The topological polar surface area (TPSA) is 54.4 Å². The zero-order valence-corrected chi connectivity index (χ0v) is 8.76. The Labute approximate surface area is 74.9 Å². The van der Waals surface area contributed by atoms with Crippen molar-refractivity contribution in [2.24, 2.45) is 11.8 Å². The molecule has 0 spiro atoms. The lowest BCUT2D eigenvalue weighted by Crippen LogP contribution is -2.09. The monoisotopic (exact) mass is 194 g/mol. The van der Waals surface area contributed by atoms with Gasteiger partial charge in [-0.1, -0.05) is 20.8 Å². The second-order valence-corrected chi connectivity index (χ2v) is 5.38. The lowest BCUT2D eigenvalue weighted by molar-refractivity contribution is 0.418. The van der Waals surface area contributed by atoms with Gasteiger partial charge in [0.05, 0.1) is 5.75 Å². The molecule has 1 N–H and O–H groups in total. The molecule has 0 radical (unpaired) electrons. The van der Waals surface area contributed by atoms with Gasteiger partial charge < -0.3 is 0 Å². The molecule has 0 bridgehead atoms. The molecular formula is C8H18O3S. The summed E-state index contributed by atoms with van der Waals surface area (Å²) in [5.41, 5.74) is 0. The van der Waals surface area contributed by atoms with Gasteiger partial charge in [-0.25, -0.2) is 0 Å². The predicted molar refractivity (Wildman–Crippen MR) is 49.7 cm³/mol. The third-order valence-corrected chi connectivity index (χ3v) is 2.49. The van der Waals surface area contributed by atoms with E-state index in [4.69, 9.17) is 4.55 Å². The van der Waals surface area contributed by atoms with E-state index in [0.717, 1.165) is 6.42 Å². The molecule has 0 heterocycles. The van der Waals surface area contributed by atoms with Crippen LogP contribution in [0.3, 0.4) is 0 Å². The first-order chi connectivity index (χ1) is 5.31. The summed E-state index contributed by atoms with van der Waals surface area (Å²) in [5.74, 6) is 0.842. The van der Waals surface area contributed by atoms with E-state index in [0.29, 0.717) is 18.3 Å². The van der Waals surface area contributed by atoms with Gasteiger partial charge in [0.25, 0.3) is 10.1 Å². The summed E-state index contributed by atoms with van der Waals surface area (Å²) in [6, 6.07) is 0. The minimum atomic E-state index is -3.75. The van der Waals surface area contributed by atoms with Crippen LogP contribution in [0.5, 0.6) is 0 Å². The number of hydrogen-bond donors (Lipinski definition) is 1.